The van der Waals surface area contributed by atoms with Gasteiger partial charge in [-0.05, 0) is 81.1 Å². The molecule has 216 valence electrons. The number of aryl methyl sites for hydroxylation is 1. The maximum absolute atomic E-state index is 12.0. The van der Waals surface area contributed by atoms with Gasteiger partial charge in [0.1, 0.15) is 11.3 Å². The molecule has 2 aromatic carbocycles. The molecule has 2 saturated heterocycles. The van der Waals surface area contributed by atoms with Crippen molar-refractivity contribution in [1.82, 2.24) is 15.1 Å². The van der Waals surface area contributed by atoms with Gasteiger partial charge in [-0.2, -0.15) is 0 Å². The third-order valence-electron chi connectivity index (χ3n) is 6.74. The second-order valence-corrected chi connectivity index (χ2v) is 9.87. The number of nitrogens with zero attached hydrogens (tertiary/aromatic N) is 3. The largest absolute Gasteiger partial charge is 0.461 e. The summed E-state index contributed by atoms with van der Waals surface area (Å²) in [6, 6.07) is 13.9. The fraction of sp³-hybridized carbons (Fsp3) is 0.355. The van der Waals surface area contributed by atoms with Crippen molar-refractivity contribution in [2.45, 2.75) is 45.4 Å². The van der Waals surface area contributed by atoms with E-state index in [1.54, 1.807) is 35.2 Å². The van der Waals surface area contributed by atoms with Crippen LogP contribution in [0.5, 0.6) is 0 Å². The van der Waals surface area contributed by atoms with Crippen molar-refractivity contribution in [2.24, 2.45) is 10.7 Å². The molecule has 0 radical (unpaired) electrons. The second-order valence-electron chi connectivity index (χ2n) is 9.87. The smallest absolute Gasteiger partial charge is 0.257 e. The van der Waals surface area contributed by atoms with Crippen LogP contribution in [0.3, 0.4) is 0 Å². The molecule has 0 saturated carbocycles. The number of hydrogen-bond donors (Lipinski definition) is 3. The number of guanidine groups is 1. The Balaban J connectivity index is 0.000000225. The molecule has 10 heteroatoms. The highest BCUT2D eigenvalue weighted by atomic mass is 16.3. The Bertz CT molecular complexity index is 1390. The predicted molar refractivity (Wildman–Crippen MR) is 161 cm³/mol. The number of amides is 3. The molecule has 1 aromatic heterocycles. The fourth-order valence-corrected chi connectivity index (χ4v) is 4.66. The molecule has 0 aliphatic carbocycles. The monoisotopic (exact) mass is 558 g/mol. The number of nitrogens with two attached hydrogens (primary N) is 2. The summed E-state index contributed by atoms with van der Waals surface area (Å²) in [5, 5.41) is 3.47. The zero-order valence-electron chi connectivity index (χ0n) is 23.5. The zero-order chi connectivity index (χ0) is 29.8. The number of hydrogen-bond acceptors (Lipinski definition) is 6. The quantitative estimate of drug-likeness (QED) is 0.191. The number of nitrogens with one attached hydrogen (secondary N) is 1. The van der Waals surface area contributed by atoms with Gasteiger partial charge >= 0.3 is 0 Å². The highest BCUT2D eigenvalue weighted by Gasteiger charge is 2.23. The van der Waals surface area contributed by atoms with Crippen molar-refractivity contribution in [3.63, 3.8) is 0 Å². The van der Waals surface area contributed by atoms with Gasteiger partial charge in [0.15, 0.2) is 0 Å². The van der Waals surface area contributed by atoms with Crippen molar-refractivity contribution >= 4 is 46.0 Å². The van der Waals surface area contributed by atoms with Crippen LogP contribution in [-0.2, 0) is 9.59 Å². The number of benzene rings is 2. The molecule has 41 heavy (non-hydrogen) atoms. The predicted octanol–water partition coefficient (Wildman–Crippen LogP) is 3.96. The summed E-state index contributed by atoms with van der Waals surface area (Å²) >= 11 is 0. The minimum absolute atomic E-state index is 0.0198. The van der Waals surface area contributed by atoms with Gasteiger partial charge in [-0.3, -0.25) is 19.7 Å². The van der Waals surface area contributed by atoms with Crippen LogP contribution in [0.2, 0.25) is 0 Å². The Morgan fingerprint density at radius 2 is 1.66 bits per heavy atom. The van der Waals surface area contributed by atoms with E-state index in [0.29, 0.717) is 29.9 Å². The number of carbonyl (C=O) groups is 3. The summed E-state index contributed by atoms with van der Waals surface area (Å²) in [5.41, 5.74) is 13.8. The molecule has 3 aromatic rings. The Kier molecular flexibility index (Phi) is 11.3. The molecule has 2 aliphatic rings. The molecule has 0 spiro atoms. The van der Waals surface area contributed by atoms with Crippen molar-refractivity contribution in [3.05, 3.63) is 59.9 Å². The highest BCUT2D eigenvalue weighted by molar-refractivity contribution is 6.06. The zero-order valence-corrected chi connectivity index (χ0v) is 23.5. The molecule has 2 fully saturated rings. The SMILES string of the molecule is C#C.Cc1cc2cc(N=C(N)NC(=O)c3ccc(N)cc3)ccc2o1.O=C(CN1CCCCCC1=O)N1CCCC1. The maximum atomic E-state index is 12.0. The Morgan fingerprint density at radius 3 is 2.37 bits per heavy atom. The Labute approximate surface area is 240 Å². The van der Waals surface area contributed by atoms with E-state index in [0.717, 1.165) is 68.5 Å². The number of furan rings is 1. The first-order valence-corrected chi connectivity index (χ1v) is 13.7. The molecular weight excluding hydrogens is 520 g/mol. The third-order valence-corrected chi connectivity index (χ3v) is 6.74. The first kappa shape index (κ1) is 30.8. The van der Waals surface area contributed by atoms with E-state index in [1.807, 2.05) is 30.0 Å². The minimum Gasteiger partial charge on any atom is -0.461 e. The summed E-state index contributed by atoms with van der Waals surface area (Å²) in [6.07, 6.45) is 14.0. The normalized spacial score (nSPS) is 15.3. The highest BCUT2D eigenvalue weighted by Crippen LogP contribution is 2.24. The molecule has 0 unspecified atom stereocenters. The lowest BCUT2D eigenvalue weighted by molar-refractivity contribution is -0.139. The lowest BCUT2D eigenvalue weighted by Gasteiger charge is -2.23. The topological polar surface area (TPSA) is 147 Å². The molecule has 0 atom stereocenters. The van der Waals surface area contributed by atoms with Crippen LogP contribution in [-0.4, -0.2) is 59.7 Å². The van der Waals surface area contributed by atoms with E-state index in [9.17, 15) is 14.4 Å². The van der Waals surface area contributed by atoms with Gasteiger partial charge in [0.2, 0.25) is 17.8 Å². The molecule has 3 heterocycles. The van der Waals surface area contributed by atoms with Gasteiger partial charge in [0.05, 0.1) is 12.2 Å². The van der Waals surface area contributed by atoms with Gasteiger partial charge in [0.25, 0.3) is 5.91 Å². The van der Waals surface area contributed by atoms with E-state index >= 15 is 0 Å². The van der Waals surface area contributed by atoms with Crippen LogP contribution in [0, 0.1) is 19.8 Å². The molecule has 5 N–H and O–H groups in total. The molecule has 5 rings (SSSR count). The van der Waals surface area contributed by atoms with E-state index in [4.69, 9.17) is 15.9 Å². The first-order valence-electron chi connectivity index (χ1n) is 13.7. The van der Waals surface area contributed by atoms with Crippen LogP contribution in [0.4, 0.5) is 11.4 Å². The third kappa shape index (κ3) is 9.14. The summed E-state index contributed by atoms with van der Waals surface area (Å²) in [7, 11) is 0. The van der Waals surface area contributed by atoms with E-state index in [1.165, 1.54) is 0 Å². The average molecular weight is 559 g/mol. The summed E-state index contributed by atoms with van der Waals surface area (Å²) in [6.45, 7) is 4.70. The molecule has 0 bridgehead atoms. The number of likely N-dealkylation sites (tertiary alicyclic amines) is 2. The van der Waals surface area contributed by atoms with Crippen LogP contribution < -0.4 is 16.8 Å². The van der Waals surface area contributed by atoms with E-state index in [2.05, 4.69) is 23.2 Å². The number of nitrogen functional groups attached to an aromatic ring is 1. The molecular formula is C31H38N6O4. The first-order chi connectivity index (χ1) is 19.8. The van der Waals surface area contributed by atoms with Crippen molar-refractivity contribution < 1.29 is 18.8 Å². The number of rotatable bonds is 4. The van der Waals surface area contributed by atoms with E-state index in [-0.39, 0.29) is 23.7 Å². The number of carbonyl (C=O) groups excluding carboxylic acids is 3. The summed E-state index contributed by atoms with van der Waals surface area (Å²) in [5.74, 6) is 0.793. The standard InChI is InChI=1S/C17H16N4O2.C12H20N2O2.C2H2/c1-10-8-12-9-14(6-7-15(12)23-10)20-17(19)21-16(22)11-2-4-13(18)5-3-11;15-11-6-2-1-3-9-14(11)10-12(16)13-7-4-5-8-13;1-2/h2-9H,18H2,1H3,(H3,19,20,21,22);1-10H2;1-2H. The minimum atomic E-state index is -0.341. The van der Waals surface area contributed by atoms with Crippen molar-refractivity contribution in [1.29, 1.82) is 0 Å². The fourth-order valence-electron chi connectivity index (χ4n) is 4.66. The lowest BCUT2D eigenvalue weighted by Crippen LogP contribution is -2.41. The lowest BCUT2D eigenvalue weighted by atomic mass is 10.2. The van der Waals surface area contributed by atoms with Crippen molar-refractivity contribution in [2.75, 3.05) is 31.9 Å². The Hall–Kier alpha value is -4.78. The average Bonchev–Trinajstić information content (AvgIpc) is 3.58. The van der Waals surface area contributed by atoms with Crippen LogP contribution in [0.15, 0.2) is 57.9 Å². The number of terminal acetylenes is 1. The number of anilines is 1. The van der Waals surface area contributed by atoms with Gasteiger partial charge in [-0.25, -0.2) is 4.99 Å². The molecule has 3 amide bonds. The van der Waals surface area contributed by atoms with Crippen LogP contribution in [0.1, 0.15) is 54.6 Å². The van der Waals surface area contributed by atoms with Crippen LogP contribution >= 0.6 is 0 Å². The summed E-state index contributed by atoms with van der Waals surface area (Å²) in [4.78, 5) is 43.5. The van der Waals surface area contributed by atoms with Gasteiger partial charge < -0.3 is 25.7 Å². The van der Waals surface area contributed by atoms with Gasteiger partial charge in [-0.1, -0.05) is 6.42 Å². The summed E-state index contributed by atoms with van der Waals surface area (Å²) < 4.78 is 5.50. The van der Waals surface area contributed by atoms with Crippen molar-refractivity contribution in [3.8, 4) is 12.8 Å². The molecule has 10 nitrogen and oxygen atoms in total. The maximum Gasteiger partial charge on any atom is 0.257 e. The Morgan fingerprint density at radius 1 is 0.976 bits per heavy atom. The van der Waals surface area contributed by atoms with Gasteiger partial charge in [0, 0.05) is 42.7 Å². The van der Waals surface area contributed by atoms with Gasteiger partial charge in [-0.15, -0.1) is 12.8 Å². The second kappa shape index (κ2) is 15.1. The van der Waals surface area contributed by atoms with Crippen LogP contribution in [0.25, 0.3) is 11.0 Å². The molecule has 2 aliphatic heterocycles. The van der Waals surface area contributed by atoms with E-state index < -0.39 is 0 Å². The number of aliphatic imine (C=N–C) groups is 1. The number of fused-ring (bicyclic) bond motifs is 1.